The highest BCUT2D eigenvalue weighted by molar-refractivity contribution is 5.73. The molecule has 1 aliphatic carbocycles. The molecule has 1 N–H and O–H groups in total. The van der Waals surface area contributed by atoms with Crippen molar-refractivity contribution in [3.8, 4) is 0 Å². The highest BCUT2D eigenvalue weighted by Gasteiger charge is 2.23. The van der Waals surface area contributed by atoms with Crippen LogP contribution in [0.15, 0.2) is 0 Å². The summed E-state index contributed by atoms with van der Waals surface area (Å²) in [6.45, 7) is 1.60. The van der Waals surface area contributed by atoms with Crippen molar-refractivity contribution >= 4 is 5.91 Å². The summed E-state index contributed by atoms with van der Waals surface area (Å²) in [5.74, 6) is 0.101. The van der Waals surface area contributed by atoms with E-state index in [9.17, 15) is 4.79 Å². The molecule has 0 radical (unpaired) electrons. The van der Waals surface area contributed by atoms with Crippen LogP contribution < -0.4 is 5.32 Å². The minimum atomic E-state index is 0.101. The molecule has 76 valence electrons. The molecule has 2 unspecified atom stereocenters. The van der Waals surface area contributed by atoms with Crippen LogP contribution in [0, 0.1) is 0 Å². The lowest BCUT2D eigenvalue weighted by Gasteiger charge is -2.33. The lowest BCUT2D eigenvalue weighted by Crippen LogP contribution is -2.43. The number of carbonyl (C=O) groups excluding carboxylic acids is 1. The van der Waals surface area contributed by atoms with E-state index in [2.05, 4.69) is 24.3 Å². The van der Waals surface area contributed by atoms with Crippen molar-refractivity contribution in [3.63, 3.8) is 0 Å². The standard InChI is InChI=1S/C10H20N2O/c1-8(13)11-9-5-4-6-10(7-9)12(2)3/h9-10H,4-7H2,1-3H3,(H,11,13). The SMILES string of the molecule is CC(=O)NC1CCCC(N(C)C)C1. The van der Waals surface area contributed by atoms with Crippen molar-refractivity contribution < 1.29 is 4.79 Å². The summed E-state index contributed by atoms with van der Waals surface area (Å²) in [5.41, 5.74) is 0. The van der Waals surface area contributed by atoms with Gasteiger partial charge in [0.25, 0.3) is 0 Å². The van der Waals surface area contributed by atoms with Gasteiger partial charge in [0.15, 0.2) is 0 Å². The number of hydrogen-bond donors (Lipinski definition) is 1. The molecule has 0 aromatic carbocycles. The molecule has 3 nitrogen and oxygen atoms in total. The molecule has 2 atom stereocenters. The average Bonchev–Trinajstić information content (AvgIpc) is 2.03. The van der Waals surface area contributed by atoms with Crippen LogP contribution in [0.1, 0.15) is 32.6 Å². The Morgan fingerprint density at radius 2 is 2.08 bits per heavy atom. The fraction of sp³-hybridized carbons (Fsp3) is 0.900. The van der Waals surface area contributed by atoms with Crippen molar-refractivity contribution in [2.75, 3.05) is 14.1 Å². The molecule has 1 fully saturated rings. The second-order valence-corrected chi connectivity index (χ2v) is 4.18. The molecule has 0 heterocycles. The van der Waals surface area contributed by atoms with Crippen molar-refractivity contribution in [2.24, 2.45) is 0 Å². The zero-order chi connectivity index (χ0) is 9.84. The Bertz CT molecular complexity index is 180. The number of hydrogen-bond acceptors (Lipinski definition) is 2. The second-order valence-electron chi connectivity index (χ2n) is 4.18. The minimum Gasteiger partial charge on any atom is -0.354 e. The van der Waals surface area contributed by atoms with Crippen LogP contribution in [0.5, 0.6) is 0 Å². The van der Waals surface area contributed by atoms with Gasteiger partial charge in [0.2, 0.25) is 5.91 Å². The molecule has 13 heavy (non-hydrogen) atoms. The van der Waals surface area contributed by atoms with Crippen molar-refractivity contribution in [1.82, 2.24) is 10.2 Å². The Labute approximate surface area is 80.5 Å². The fourth-order valence-electron chi connectivity index (χ4n) is 2.05. The van der Waals surface area contributed by atoms with E-state index < -0.39 is 0 Å². The Hall–Kier alpha value is -0.570. The van der Waals surface area contributed by atoms with Gasteiger partial charge in [0.1, 0.15) is 0 Å². The van der Waals surface area contributed by atoms with E-state index in [1.807, 2.05) is 0 Å². The van der Waals surface area contributed by atoms with Crippen LogP contribution in [0.4, 0.5) is 0 Å². The van der Waals surface area contributed by atoms with Crippen LogP contribution in [0.2, 0.25) is 0 Å². The van der Waals surface area contributed by atoms with E-state index in [4.69, 9.17) is 0 Å². The summed E-state index contributed by atoms with van der Waals surface area (Å²) in [6.07, 6.45) is 4.74. The van der Waals surface area contributed by atoms with Crippen LogP contribution in [0.25, 0.3) is 0 Å². The molecule has 0 saturated heterocycles. The lowest BCUT2D eigenvalue weighted by molar-refractivity contribution is -0.120. The lowest BCUT2D eigenvalue weighted by atomic mass is 9.90. The van der Waals surface area contributed by atoms with E-state index in [1.54, 1.807) is 6.92 Å². The maximum Gasteiger partial charge on any atom is 0.217 e. The first-order valence-corrected chi connectivity index (χ1v) is 5.03. The van der Waals surface area contributed by atoms with Crippen LogP contribution in [0.3, 0.4) is 0 Å². The number of rotatable bonds is 2. The summed E-state index contributed by atoms with van der Waals surface area (Å²) in [5, 5.41) is 3.00. The summed E-state index contributed by atoms with van der Waals surface area (Å²) in [4.78, 5) is 13.1. The molecule has 3 heteroatoms. The van der Waals surface area contributed by atoms with E-state index >= 15 is 0 Å². The topological polar surface area (TPSA) is 32.3 Å². The highest BCUT2D eigenvalue weighted by atomic mass is 16.1. The first-order valence-electron chi connectivity index (χ1n) is 5.03. The molecule has 0 bridgehead atoms. The summed E-state index contributed by atoms with van der Waals surface area (Å²) in [7, 11) is 4.22. The smallest absolute Gasteiger partial charge is 0.217 e. The third kappa shape index (κ3) is 3.35. The normalized spacial score (nSPS) is 28.9. The van der Waals surface area contributed by atoms with Crippen molar-refractivity contribution in [3.05, 3.63) is 0 Å². The van der Waals surface area contributed by atoms with Gasteiger partial charge in [-0.3, -0.25) is 4.79 Å². The average molecular weight is 184 g/mol. The molecule has 1 amide bonds. The first-order chi connectivity index (χ1) is 6.09. The van der Waals surface area contributed by atoms with Gasteiger partial charge < -0.3 is 10.2 Å². The van der Waals surface area contributed by atoms with E-state index in [-0.39, 0.29) is 5.91 Å². The predicted molar refractivity (Wildman–Crippen MR) is 53.5 cm³/mol. The Morgan fingerprint density at radius 3 is 2.62 bits per heavy atom. The van der Waals surface area contributed by atoms with Crippen LogP contribution in [-0.4, -0.2) is 37.0 Å². The quantitative estimate of drug-likeness (QED) is 0.694. The van der Waals surface area contributed by atoms with Crippen LogP contribution >= 0.6 is 0 Å². The van der Waals surface area contributed by atoms with Gasteiger partial charge in [-0.2, -0.15) is 0 Å². The summed E-state index contributed by atoms with van der Waals surface area (Å²) < 4.78 is 0. The van der Waals surface area contributed by atoms with Gasteiger partial charge in [-0.1, -0.05) is 0 Å². The molecule has 0 aromatic rings. The number of nitrogens with one attached hydrogen (secondary N) is 1. The fourth-order valence-corrected chi connectivity index (χ4v) is 2.05. The zero-order valence-electron chi connectivity index (χ0n) is 8.84. The van der Waals surface area contributed by atoms with Gasteiger partial charge in [-0.15, -0.1) is 0 Å². The number of nitrogens with zero attached hydrogens (tertiary/aromatic N) is 1. The van der Waals surface area contributed by atoms with Gasteiger partial charge in [-0.05, 0) is 39.8 Å². The third-order valence-electron chi connectivity index (χ3n) is 2.78. The van der Waals surface area contributed by atoms with Crippen LogP contribution in [-0.2, 0) is 4.79 Å². The van der Waals surface area contributed by atoms with Crippen molar-refractivity contribution in [2.45, 2.75) is 44.7 Å². The summed E-state index contributed by atoms with van der Waals surface area (Å²) in [6, 6.07) is 1.05. The highest BCUT2D eigenvalue weighted by Crippen LogP contribution is 2.21. The second kappa shape index (κ2) is 4.61. The molecule has 1 rings (SSSR count). The maximum absolute atomic E-state index is 10.9. The number of amides is 1. The predicted octanol–water partition coefficient (Wildman–Crippen LogP) is 0.995. The van der Waals surface area contributed by atoms with Gasteiger partial charge in [0.05, 0.1) is 0 Å². The first kappa shape index (κ1) is 10.5. The van der Waals surface area contributed by atoms with E-state index in [0.29, 0.717) is 12.1 Å². The number of carbonyl (C=O) groups is 1. The molecular weight excluding hydrogens is 164 g/mol. The molecule has 0 aromatic heterocycles. The molecule has 0 aliphatic heterocycles. The Morgan fingerprint density at radius 1 is 1.38 bits per heavy atom. The molecule has 0 spiro atoms. The molecule has 1 saturated carbocycles. The maximum atomic E-state index is 10.9. The minimum absolute atomic E-state index is 0.101. The van der Waals surface area contributed by atoms with Crippen molar-refractivity contribution in [1.29, 1.82) is 0 Å². The van der Waals surface area contributed by atoms with E-state index in [1.165, 1.54) is 12.8 Å². The summed E-state index contributed by atoms with van der Waals surface area (Å²) >= 11 is 0. The van der Waals surface area contributed by atoms with Gasteiger partial charge in [-0.25, -0.2) is 0 Å². The Balaban J connectivity index is 2.37. The molecular formula is C10H20N2O. The van der Waals surface area contributed by atoms with Gasteiger partial charge >= 0.3 is 0 Å². The third-order valence-corrected chi connectivity index (χ3v) is 2.78. The largest absolute Gasteiger partial charge is 0.354 e. The Kier molecular flexibility index (Phi) is 3.72. The monoisotopic (exact) mass is 184 g/mol. The van der Waals surface area contributed by atoms with E-state index in [0.717, 1.165) is 12.8 Å². The molecule has 1 aliphatic rings. The van der Waals surface area contributed by atoms with Gasteiger partial charge in [0, 0.05) is 19.0 Å². The zero-order valence-corrected chi connectivity index (χ0v) is 8.84.